The summed E-state index contributed by atoms with van der Waals surface area (Å²) < 4.78 is 0. The highest BCUT2D eigenvalue weighted by molar-refractivity contribution is 8.13. The fraction of sp³-hybridized carbons (Fsp3) is 0.118. The van der Waals surface area contributed by atoms with Crippen LogP contribution in [0.4, 0.5) is 0 Å². The second kappa shape index (κ2) is 6.82. The van der Waals surface area contributed by atoms with Gasteiger partial charge in [-0.25, -0.2) is 0 Å². The van der Waals surface area contributed by atoms with Gasteiger partial charge in [-0.2, -0.15) is 0 Å². The first-order chi connectivity index (χ1) is 9.25. The molecule has 0 amide bonds. The summed E-state index contributed by atoms with van der Waals surface area (Å²) >= 11 is 1.24. The zero-order valence-corrected chi connectivity index (χ0v) is 11.5. The first-order valence-corrected chi connectivity index (χ1v) is 7.02. The summed E-state index contributed by atoms with van der Waals surface area (Å²) in [5, 5.41) is 0.105. The van der Waals surface area contributed by atoms with Gasteiger partial charge in [0.2, 0.25) is 0 Å². The molecule has 0 atom stereocenters. The minimum atomic E-state index is 0.105. The lowest BCUT2D eigenvalue weighted by atomic mass is 10.0. The summed E-state index contributed by atoms with van der Waals surface area (Å²) in [7, 11) is 0. The van der Waals surface area contributed by atoms with Gasteiger partial charge in [0.25, 0.3) is 0 Å². The van der Waals surface area contributed by atoms with Crippen molar-refractivity contribution in [2.24, 2.45) is 0 Å². The molecule has 1 nitrogen and oxygen atoms in total. The van der Waals surface area contributed by atoms with Gasteiger partial charge in [0.05, 0.1) is 5.75 Å². The van der Waals surface area contributed by atoms with Crippen LogP contribution in [0.5, 0.6) is 0 Å². The van der Waals surface area contributed by atoms with E-state index in [0.29, 0.717) is 5.75 Å². The SMILES string of the molecule is CC(=O)SCC#Cc1ccc(-c2ccccc2)cc1. The van der Waals surface area contributed by atoms with Crippen molar-refractivity contribution in [2.45, 2.75) is 6.92 Å². The van der Waals surface area contributed by atoms with Crippen LogP contribution in [0.2, 0.25) is 0 Å². The third kappa shape index (κ3) is 4.31. The molecule has 94 valence electrons. The van der Waals surface area contributed by atoms with Crippen LogP contribution in [0.1, 0.15) is 12.5 Å². The fourth-order valence-electron chi connectivity index (χ4n) is 1.65. The zero-order valence-electron chi connectivity index (χ0n) is 10.7. The Morgan fingerprint density at radius 3 is 2.26 bits per heavy atom. The van der Waals surface area contributed by atoms with Crippen molar-refractivity contribution in [3.63, 3.8) is 0 Å². The average molecular weight is 266 g/mol. The maximum Gasteiger partial charge on any atom is 0.186 e. The molecule has 2 aromatic rings. The lowest BCUT2D eigenvalue weighted by molar-refractivity contribution is -0.109. The van der Waals surface area contributed by atoms with Crippen molar-refractivity contribution in [1.29, 1.82) is 0 Å². The molecule has 0 aliphatic carbocycles. The minimum Gasteiger partial charge on any atom is -0.288 e. The molecular formula is C17H14OS. The Bertz CT molecular complexity index is 603. The number of thioether (sulfide) groups is 1. The van der Waals surface area contributed by atoms with E-state index < -0.39 is 0 Å². The summed E-state index contributed by atoms with van der Waals surface area (Å²) in [5.74, 6) is 6.59. The van der Waals surface area contributed by atoms with Crippen molar-refractivity contribution in [3.8, 4) is 23.0 Å². The van der Waals surface area contributed by atoms with Gasteiger partial charge in [0.1, 0.15) is 0 Å². The molecule has 0 spiro atoms. The summed E-state index contributed by atoms with van der Waals surface area (Å²) in [6.07, 6.45) is 0. The van der Waals surface area contributed by atoms with E-state index in [4.69, 9.17) is 0 Å². The molecule has 2 aromatic carbocycles. The topological polar surface area (TPSA) is 17.1 Å². The fourth-order valence-corrected chi connectivity index (χ4v) is 2.00. The van der Waals surface area contributed by atoms with E-state index in [0.717, 1.165) is 5.56 Å². The molecule has 0 N–H and O–H groups in total. The maximum atomic E-state index is 10.8. The highest BCUT2D eigenvalue weighted by Crippen LogP contribution is 2.18. The van der Waals surface area contributed by atoms with E-state index >= 15 is 0 Å². The maximum absolute atomic E-state index is 10.8. The van der Waals surface area contributed by atoms with Crippen LogP contribution in [0.15, 0.2) is 54.6 Å². The molecule has 0 heterocycles. The van der Waals surface area contributed by atoms with Crippen LogP contribution in [0.3, 0.4) is 0 Å². The van der Waals surface area contributed by atoms with Gasteiger partial charge in [0.15, 0.2) is 5.12 Å². The highest BCUT2D eigenvalue weighted by atomic mass is 32.2. The Morgan fingerprint density at radius 2 is 1.63 bits per heavy atom. The van der Waals surface area contributed by atoms with Gasteiger partial charge in [-0.3, -0.25) is 4.79 Å². The van der Waals surface area contributed by atoms with E-state index in [1.165, 1.54) is 22.9 Å². The second-order valence-corrected chi connectivity index (χ2v) is 5.18. The monoisotopic (exact) mass is 266 g/mol. The molecule has 0 saturated carbocycles. The molecule has 2 heteroatoms. The summed E-state index contributed by atoms with van der Waals surface area (Å²) in [6.45, 7) is 1.56. The molecule has 0 fully saturated rings. The van der Waals surface area contributed by atoms with Gasteiger partial charge in [-0.05, 0) is 23.3 Å². The molecule has 0 aromatic heterocycles. The number of carbonyl (C=O) groups is 1. The molecule has 19 heavy (non-hydrogen) atoms. The summed E-state index contributed by atoms with van der Waals surface area (Å²) in [4.78, 5) is 10.8. The average Bonchev–Trinajstić information content (AvgIpc) is 2.45. The summed E-state index contributed by atoms with van der Waals surface area (Å²) in [6, 6.07) is 18.4. The predicted molar refractivity (Wildman–Crippen MR) is 81.9 cm³/mol. The lowest BCUT2D eigenvalue weighted by Gasteiger charge is -2.00. The molecule has 2 rings (SSSR count). The number of carbonyl (C=O) groups excluding carboxylic acids is 1. The van der Waals surface area contributed by atoms with Crippen molar-refractivity contribution in [2.75, 3.05) is 5.75 Å². The molecule has 0 aliphatic heterocycles. The van der Waals surface area contributed by atoms with Crippen molar-refractivity contribution in [3.05, 3.63) is 60.2 Å². The van der Waals surface area contributed by atoms with Crippen molar-refractivity contribution >= 4 is 16.9 Å². The van der Waals surface area contributed by atoms with Crippen LogP contribution in [-0.4, -0.2) is 10.9 Å². The highest BCUT2D eigenvalue weighted by Gasteiger charge is 1.95. The smallest absolute Gasteiger partial charge is 0.186 e. The van der Waals surface area contributed by atoms with E-state index in [-0.39, 0.29) is 5.12 Å². The van der Waals surface area contributed by atoms with Gasteiger partial charge in [0, 0.05) is 12.5 Å². The Balaban J connectivity index is 2.05. The molecule has 0 aliphatic rings. The predicted octanol–water partition coefficient (Wildman–Crippen LogP) is 3.98. The first kappa shape index (κ1) is 13.5. The Hall–Kier alpha value is -1.98. The number of benzene rings is 2. The van der Waals surface area contributed by atoms with Crippen LogP contribution in [-0.2, 0) is 4.79 Å². The van der Waals surface area contributed by atoms with Crippen LogP contribution in [0.25, 0.3) is 11.1 Å². The van der Waals surface area contributed by atoms with Crippen LogP contribution < -0.4 is 0 Å². The minimum absolute atomic E-state index is 0.105. The third-order valence-corrected chi connectivity index (χ3v) is 3.27. The lowest BCUT2D eigenvalue weighted by Crippen LogP contribution is -1.82. The molecule has 0 radical (unpaired) electrons. The third-order valence-electron chi connectivity index (χ3n) is 2.57. The number of hydrogen-bond donors (Lipinski definition) is 0. The van der Waals surface area contributed by atoms with Crippen molar-refractivity contribution in [1.82, 2.24) is 0 Å². The largest absolute Gasteiger partial charge is 0.288 e. The molecule has 0 saturated heterocycles. The first-order valence-electron chi connectivity index (χ1n) is 6.03. The number of hydrogen-bond acceptors (Lipinski definition) is 2. The van der Waals surface area contributed by atoms with Gasteiger partial charge < -0.3 is 0 Å². The number of rotatable bonds is 2. The Labute approximate surface area is 118 Å². The Morgan fingerprint density at radius 1 is 1.00 bits per heavy atom. The van der Waals surface area contributed by atoms with E-state index in [2.05, 4.69) is 36.1 Å². The molecular weight excluding hydrogens is 252 g/mol. The Kier molecular flexibility index (Phi) is 4.83. The quantitative estimate of drug-likeness (QED) is 0.765. The van der Waals surface area contributed by atoms with Crippen molar-refractivity contribution < 1.29 is 4.79 Å². The van der Waals surface area contributed by atoms with E-state index in [1.54, 1.807) is 6.92 Å². The second-order valence-electron chi connectivity index (χ2n) is 4.03. The van der Waals surface area contributed by atoms with Gasteiger partial charge in [-0.15, -0.1) is 0 Å². The zero-order chi connectivity index (χ0) is 13.5. The molecule has 0 bridgehead atoms. The van der Waals surface area contributed by atoms with Gasteiger partial charge in [-0.1, -0.05) is 66.1 Å². The normalized spacial score (nSPS) is 9.53. The van der Waals surface area contributed by atoms with Gasteiger partial charge >= 0.3 is 0 Å². The molecule has 0 unspecified atom stereocenters. The van der Waals surface area contributed by atoms with E-state index in [9.17, 15) is 4.79 Å². The summed E-state index contributed by atoms with van der Waals surface area (Å²) in [5.41, 5.74) is 3.36. The van der Waals surface area contributed by atoms with Crippen LogP contribution in [0, 0.1) is 11.8 Å². The van der Waals surface area contributed by atoms with E-state index in [1.807, 2.05) is 30.3 Å². The van der Waals surface area contributed by atoms with Crippen LogP contribution >= 0.6 is 11.8 Å². The standard InChI is InChI=1S/C17H14OS/c1-14(18)19-13-5-6-15-9-11-17(12-10-15)16-7-3-2-4-8-16/h2-4,7-12H,13H2,1H3.